The molecule has 0 amide bonds. The minimum absolute atomic E-state index is 0.0730. The third-order valence-electron chi connectivity index (χ3n) is 5.85. The molecule has 11 heteroatoms. The highest BCUT2D eigenvalue weighted by molar-refractivity contribution is 6.32. The molecule has 5 rings (SSSR count). The maximum absolute atomic E-state index is 6.19. The first-order chi connectivity index (χ1) is 14.9. The molecule has 2 aromatic heterocycles. The molecule has 0 bridgehead atoms. The van der Waals surface area contributed by atoms with E-state index in [2.05, 4.69) is 20.7 Å². The zero-order chi connectivity index (χ0) is 21.6. The second-order valence-corrected chi connectivity index (χ2v) is 8.61. The van der Waals surface area contributed by atoms with Gasteiger partial charge in [-0.1, -0.05) is 23.2 Å². The Balaban J connectivity index is 1.63. The van der Waals surface area contributed by atoms with E-state index in [1.807, 2.05) is 24.3 Å². The van der Waals surface area contributed by atoms with E-state index in [0.717, 1.165) is 24.9 Å². The summed E-state index contributed by atoms with van der Waals surface area (Å²) >= 11 is 12.4. The number of hydrogen-bond acceptors (Lipinski definition) is 9. The van der Waals surface area contributed by atoms with Crippen LogP contribution in [0, 0.1) is 5.92 Å². The monoisotopic (exact) mass is 460 g/mol. The third kappa shape index (κ3) is 3.67. The number of rotatable bonds is 5. The molecule has 0 aromatic carbocycles. The molecule has 3 unspecified atom stereocenters. The maximum atomic E-state index is 6.19. The van der Waals surface area contributed by atoms with Crippen molar-refractivity contribution in [2.75, 3.05) is 6.54 Å². The highest BCUT2D eigenvalue weighted by Crippen LogP contribution is 2.42. The van der Waals surface area contributed by atoms with Crippen LogP contribution >= 0.6 is 23.2 Å². The Morgan fingerprint density at radius 3 is 2.77 bits per heavy atom. The summed E-state index contributed by atoms with van der Waals surface area (Å²) in [6.45, 7) is 0.935. The lowest BCUT2D eigenvalue weighted by atomic mass is 9.79. The molecule has 9 nitrogen and oxygen atoms in total. The molecule has 0 saturated carbocycles. The van der Waals surface area contributed by atoms with Gasteiger partial charge in [-0.3, -0.25) is 0 Å². The van der Waals surface area contributed by atoms with E-state index >= 15 is 0 Å². The number of guanidine groups is 1. The van der Waals surface area contributed by atoms with Gasteiger partial charge in [-0.05, 0) is 55.6 Å². The van der Waals surface area contributed by atoms with E-state index in [1.54, 1.807) is 17.3 Å². The fourth-order valence-corrected chi connectivity index (χ4v) is 5.08. The molecule has 3 atom stereocenters. The van der Waals surface area contributed by atoms with Crippen molar-refractivity contribution in [3.63, 3.8) is 0 Å². The minimum atomic E-state index is -0.940. The molecule has 2 aromatic rings. The van der Waals surface area contributed by atoms with Crippen molar-refractivity contribution in [2.24, 2.45) is 27.4 Å². The molecule has 1 fully saturated rings. The predicted molar refractivity (Wildman–Crippen MR) is 119 cm³/mol. The lowest BCUT2D eigenvalue weighted by Gasteiger charge is -2.38. The van der Waals surface area contributed by atoms with Crippen LogP contribution < -0.4 is 22.2 Å². The van der Waals surface area contributed by atoms with Gasteiger partial charge in [0, 0.05) is 18.0 Å². The quantitative estimate of drug-likeness (QED) is 0.502. The molecule has 0 spiro atoms. The summed E-state index contributed by atoms with van der Waals surface area (Å²) in [6.07, 6.45) is 6.01. The van der Waals surface area contributed by atoms with Crippen molar-refractivity contribution in [1.82, 2.24) is 20.7 Å². The summed E-state index contributed by atoms with van der Waals surface area (Å²) in [7, 11) is 0. The summed E-state index contributed by atoms with van der Waals surface area (Å²) in [5, 5.41) is 5.96. The normalized spacial score (nSPS) is 26.3. The first-order valence-electron chi connectivity index (χ1n) is 10.0. The van der Waals surface area contributed by atoms with E-state index in [4.69, 9.17) is 44.1 Å². The number of aromatic nitrogens is 1. The van der Waals surface area contributed by atoms with Crippen molar-refractivity contribution in [2.45, 2.75) is 31.0 Å². The number of nitrogens with two attached hydrogens (primary N) is 2. The Morgan fingerprint density at radius 1 is 1.29 bits per heavy atom. The molecule has 3 aliphatic heterocycles. The van der Waals surface area contributed by atoms with Gasteiger partial charge in [0.15, 0.2) is 11.5 Å². The Bertz CT molecular complexity index is 1060. The number of halogens is 2. The minimum Gasteiger partial charge on any atom is -0.465 e. The molecule has 6 N–H and O–H groups in total. The molecule has 31 heavy (non-hydrogen) atoms. The summed E-state index contributed by atoms with van der Waals surface area (Å²) in [6, 6.07) is 7.57. The fourth-order valence-electron chi connectivity index (χ4n) is 4.58. The molecular weight excluding hydrogens is 439 g/mol. The van der Waals surface area contributed by atoms with Crippen LogP contribution in [-0.2, 0) is 12.1 Å². The lowest BCUT2D eigenvalue weighted by Crippen LogP contribution is -2.58. The van der Waals surface area contributed by atoms with Crippen LogP contribution in [0.2, 0.25) is 10.3 Å². The molecule has 5 heterocycles. The highest BCUT2D eigenvalue weighted by atomic mass is 35.5. The van der Waals surface area contributed by atoms with Crippen LogP contribution in [0.25, 0.3) is 0 Å². The van der Waals surface area contributed by atoms with Crippen LogP contribution in [0.1, 0.15) is 24.2 Å². The first-order valence-corrected chi connectivity index (χ1v) is 10.8. The van der Waals surface area contributed by atoms with E-state index in [-0.39, 0.29) is 17.9 Å². The van der Waals surface area contributed by atoms with Crippen LogP contribution in [0.15, 0.2) is 56.8 Å². The highest BCUT2D eigenvalue weighted by Gasteiger charge is 2.53. The van der Waals surface area contributed by atoms with Gasteiger partial charge in [-0.2, -0.15) is 10.4 Å². The lowest BCUT2D eigenvalue weighted by molar-refractivity contribution is 0.123. The van der Waals surface area contributed by atoms with Gasteiger partial charge in [-0.15, -0.1) is 0 Å². The van der Waals surface area contributed by atoms with Crippen molar-refractivity contribution in [3.05, 3.63) is 64.1 Å². The van der Waals surface area contributed by atoms with Crippen LogP contribution in [-0.4, -0.2) is 34.4 Å². The number of pyridine rings is 1. The number of hydrogen-bond donors (Lipinski definition) is 4. The molecule has 0 aliphatic carbocycles. The van der Waals surface area contributed by atoms with Gasteiger partial charge in [0.25, 0.3) is 0 Å². The smallest absolute Gasteiger partial charge is 0.218 e. The summed E-state index contributed by atoms with van der Waals surface area (Å²) < 4.78 is 5.89. The second kappa shape index (κ2) is 7.83. The molecule has 3 aliphatic rings. The standard InChI is InChI=1S/C20H22Cl2N8O/c21-15-8-11(9-16(22)26-15)7-12(13-3-1-5-25-13)20(14-4-2-6-31-14)28-18-10-17(23)27-19(24)30(18)29-20/h2,4,6,8-10,12-13,25,29H,1,3,5,7,23H2,(H2,24,27). The SMILES string of the molecule is NC1=CC2=NC(c3ccco3)(C(Cc3cc(Cl)nc(Cl)c3)C3CCCN3)NN2C(N)=N1. The number of hydrazine groups is 1. The maximum Gasteiger partial charge on any atom is 0.218 e. The van der Waals surface area contributed by atoms with Gasteiger partial charge in [0.1, 0.15) is 21.9 Å². The zero-order valence-electron chi connectivity index (χ0n) is 16.6. The van der Waals surface area contributed by atoms with Crippen molar-refractivity contribution in [3.8, 4) is 0 Å². The molecule has 0 radical (unpaired) electrons. The first kappa shape index (κ1) is 20.3. The number of fused-ring (bicyclic) bond motifs is 1. The van der Waals surface area contributed by atoms with Gasteiger partial charge >= 0.3 is 0 Å². The van der Waals surface area contributed by atoms with E-state index in [0.29, 0.717) is 34.1 Å². The van der Waals surface area contributed by atoms with Crippen molar-refractivity contribution >= 4 is 35.0 Å². The van der Waals surface area contributed by atoms with E-state index in [1.165, 1.54) is 0 Å². The van der Waals surface area contributed by atoms with E-state index < -0.39 is 5.66 Å². The summed E-state index contributed by atoms with van der Waals surface area (Å²) in [4.78, 5) is 13.3. The molecule has 1 saturated heterocycles. The Morgan fingerprint density at radius 2 is 2.10 bits per heavy atom. The number of aliphatic imine (C=N–C) groups is 2. The average Bonchev–Trinajstić information content (AvgIpc) is 3.45. The van der Waals surface area contributed by atoms with Gasteiger partial charge in [-0.25, -0.2) is 15.0 Å². The molecular formula is C20H22Cl2N8O. The number of nitrogens with one attached hydrogen (secondary N) is 2. The number of amidine groups is 1. The Kier molecular flexibility index (Phi) is 5.13. The van der Waals surface area contributed by atoms with E-state index in [9.17, 15) is 0 Å². The van der Waals surface area contributed by atoms with Crippen molar-refractivity contribution < 1.29 is 4.42 Å². The van der Waals surface area contributed by atoms with Crippen LogP contribution in [0.3, 0.4) is 0 Å². The van der Waals surface area contributed by atoms with Gasteiger partial charge < -0.3 is 21.2 Å². The van der Waals surface area contributed by atoms with Crippen LogP contribution in [0.4, 0.5) is 0 Å². The predicted octanol–water partition coefficient (Wildman–Crippen LogP) is 2.09. The summed E-state index contributed by atoms with van der Waals surface area (Å²) in [5.74, 6) is 1.69. The largest absolute Gasteiger partial charge is 0.465 e. The zero-order valence-corrected chi connectivity index (χ0v) is 18.1. The number of furan rings is 1. The summed E-state index contributed by atoms with van der Waals surface area (Å²) in [5.41, 5.74) is 15.6. The molecule has 162 valence electrons. The van der Waals surface area contributed by atoms with Gasteiger partial charge in [0.05, 0.1) is 6.26 Å². The van der Waals surface area contributed by atoms with Crippen LogP contribution in [0.5, 0.6) is 0 Å². The van der Waals surface area contributed by atoms with Gasteiger partial charge in [0.2, 0.25) is 5.96 Å². The Hall–Kier alpha value is -2.59. The topological polar surface area (TPSA) is 130 Å². The Labute approximate surface area is 189 Å². The second-order valence-electron chi connectivity index (χ2n) is 7.83. The van der Waals surface area contributed by atoms with Crippen molar-refractivity contribution in [1.29, 1.82) is 0 Å². The average molecular weight is 461 g/mol. The fraction of sp³-hybridized carbons (Fsp3) is 0.350. The third-order valence-corrected chi connectivity index (χ3v) is 6.24. The number of nitrogens with zero attached hydrogens (tertiary/aromatic N) is 4.